The molecule has 158 valence electrons. The summed E-state index contributed by atoms with van der Waals surface area (Å²) in [5.41, 5.74) is 1.67. The molecule has 3 aromatic heterocycles. The summed E-state index contributed by atoms with van der Waals surface area (Å²) < 4.78 is 2.06. The summed E-state index contributed by atoms with van der Waals surface area (Å²) in [6.45, 7) is 7.33. The van der Waals surface area contributed by atoms with Gasteiger partial charge in [-0.25, -0.2) is 4.79 Å². The Labute approximate surface area is 180 Å². The molecular formula is C22H27N5O2S. The first-order valence-corrected chi connectivity index (χ1v) is 11.1. The van der Waals surface area contributed by atoms with Gasteiger partial charge in [-0.05, 0) is 49.6 Å². The molecule has 0 spiro atoms. The Morgan fingerprint density at radius 2 is 1.83 bits per heavy atom. The molecule has 30 heavy (non-hydrogen) atoms. The van der Waals surface area contributed by atoms with Crippen LogP contribution in [-0.4, -0.2) is 53.5 Å². The fraction of sp³-hybridized carbons (Fsp3) is 0.364. The van der Waals surface area contributed by atoms with Gasteiger partial charge in [-0.1, -0.05) is 6.07 Å². The van der Waals surface area contributed by atoms with Crippen LogP contribution < -0.4 is 15.5 Å². The average molecular weight is 426 g/mol. The summed E-state index contributed by atoms with van der Waals surface area (Å²) in [7, 11) is 0. The van der Waals surface area contributed by atoms with Crippen LogP contribution in [0.25, 0.3) is 5.52 Å². The van der Waals surface area contributed by atoms with Crippen molar-refractivity contribution >= 4 is 34.6 Å². The molecule has 0 radical (unpaired) electrons. The molecule has 1 fully saturated rings. The molecule has 1 aliphatic heterocycles. The minimum atomic E-state index is -0.0832. The minimum Gasteiger partial charge on any atom is -0.354 e. The van der Waals surface area contributed by atoms with Gasteiger partial charge in [0, 0.05) is 48.8 Å². The van der Waals surface area contributed by atoms with Crippen molar-refractivity contribution in [3.05, 3.63) is 58.4 Å². The van der Waals surface area contributed by atoms with Gasteiger partial charge in [-0.3, -0.25) is 4.79 Å². The first kappa shape index (κ1) is 20.3. The largest absolute Gasteiger partial charge is 0.354 e. The van der Waals surface area contributed by atoms with Crippen molar-refractivity contribution in [2.45, 2.75) is 26.4 Å². The van der Waals surface area contributed by atoms with Crippen LogP contribution >= 0.6 is 11.3 Å². The van der Waals surface area contributed by atoms with Crippen molar-refractivity contribution in [1.82, 2.24) is 19.9 Å². The highest BCUT2D eigenvalue weighted by Crippen LogP contribution is 2.22. The lowest BCUT2D eigenvalue weighted by Crippen LogP contribution is -2.53. The molecule has 0 aromatic carbocycles. The number of carbonyl (C=O) groups excluding carboxylic acids is 2. The smallest absolute Gasteiger partial charge is 0.317 e. The Kier molecular flexibility index (Phi) is 5.94. The maximum Gasteiger partial charge on any atom is 0.317 e. The van der Waals surface area contributed by atoms with Crippen LogP contribution in [0.4, 0.5) is 10.6 Å². The van der Waals surface area contributed by atoms with E-state index in [9.17, 15) is 9.59 Å². The lowest BCUT2D eigenvalue weighted by Gasteiger charge is -2.36. The predicted octanol–water partition coefficient (Wildman–Crippen LogP) is 3.17. The number of nitrogens with one attached hydrogen (secondary N) is 2. The summed E-state index contributed by atoms with van der Waals surface area (Å²) >= 11 is 1.63. The normalized spacial score (nSPS) is 14.4. The van der Waals surface area contributed by atoms with Crippen molar-refractivity contribution in [2.75, 3.05) is 31.1 Å². The molecule has 2 N–H and O–H groups in total. The third-order valence-corrected chi connectivity index (χ3v) is 6.07. The Balaban J connectivity index is 1.44. The molecule has 1 saturated heterocycles. The van der Waals surface area contributed by atoms with Crippen molar-refractivity contribution < 1.29 is 9.59 Å². The number of amides is 3. The van der Waals surface area contributed by atoms with Gasteiger partial charge < -0.3 is 24.8 Å². The van der Waals surface area contributed by atoms with E-state index in [1.54, 1.807) is 11.3 Å². The molecule has 1 aliphatic rings. The fourth-order valence-electron chi connectivity index (χ4n) is 3.64. The third kappa shape index (κ3) is 4.43. The summed E-state index contributed by atoms with van der Waals surface area (Å²) in [6.07, 6.45) is 1.90. The monoisotopic (exact) mass is 425 g/mol. The van der Waals surface area contributed by atoms with Crippen LogP contribution in [0.2, 0.25) is 0 Å². The van der Waals surface area contributed by atoms with Crippen molar-refractivity contribution in [1.29, 1.82) is 0 Å². The number of hydrogen-bond donors (Lipinski definition) is 2. The van der Waals surface area contributed by atoms with Crippen LogP contribution in [0.15, 0.2) is 48.0 Å². The molecule has 0 unspecified atom stereocenters. The maximum absolute atomic E-state index is 12.6. The van der Waals surface area contributed by atoms with Gasteiger partial charge in [-0.2, -0.15) is 0 Å². The van der Waals surface area contributed by atoms with E-state index in [2.05, 4.69) is 32.1 Å². The molecule has 8 heteroatoms. The number of hydrogen-bond acceptors (Lipinski definition) is 4. The molecule has 4 heterocycles. The number of aromatic nitrogens is 1. The lowest BCUT2D eigenvalue weighted by molar-refractivity contribution is 0.0951. The van der Waals surface area contributed by atoms with E-state index in [-0.39, 0.29) is 18.0 Å². The Hall–Kier alpha value is -3.00. The number of fused-ring (bicyclic) bond motifs is 1. The summed E-state index contributed by atoms with van der Waals surface area (Å²) in [4.78, 5) is 30.1. The van der Waals surface area contributed by atoms with Crippen molar-refractivity contribution in [2.24, 2.45) is 0 Å². The number of rotatable bonds is 5. The third-order valence-electron chi connectivity index (χ3n) is 5.20. The number of urea groups is 1. The first-order valence-electron chi connectivity index (χ1n) is 10.2. The molecular weight excluding hydrogens is 398 g/mol. The zero-order valence-corrected chi connectivity index (χ0v) is 18.1. The number of anilines is 1. The molecule has 0 atom stereocenters. The van der Waals surface area contributed by atoms with Crippen LogP contribution in [0.5, 0.6) is 0 Å². The van der Waals surface area contributed by atoms with Gasteiger partial charge in [0.05, 0.1) is 12.1 Å². The van der Waals surface area contributed by atoms with E-state index >= 15 is 0 Å². The first-order chi connectivity index (χ1) is 14.5. The Morgan fingerprint density at radius 1 is 1.07 bits per heavy atom. The van der Waals surface area contributed by atoms with Gasteiger partial charge in [0.2, 0.25) is 0 Å². The van der Waals surface area contributed by atoms with Crippen LogP contribution in [0, 0.1) is 0 Å². The van der Waals surface area contributed by atoms with Crippen molar-refractivity contribution in [3.8, 4) is 0 Å². The van der Waals surface area contributed by atoms with E-state index in [4.69, 9.17) is 0 Å². The maximum atomic E-state index is 12.6. The number of pyridine rings is 1. The average Bonchev–Trinajstić information content (AvgIpc) is 3.41. The topological polar surface area (TPSA) is 69.1 Å². The molecule has 0 bridgehead atoms. The highest BCUT2D eigenvalue weighted by atomic mass is 32.1. The molecule has 3 amide bonds. The molecule has 3 aromatic rings. The van der Waals surface area contributed by atoms with Crippen LogP contribution in [0.3, 0.4) is 0 Å². The highest BCUT2D eigenvalue weighted by Gasteiger charge is 2.23. The quantitative estimate of drug-likeness (QED) is 0.660. The standard InChI is InChI=1S/C22H27N5O2S/c1-16(2)24-22(29)26-11-9-25(10-12-26)20-8-7-18-6-5-17(15-27(18)20)21(28)23-14-19-4-3-13-30-19/h3-8,13,15-16H,9-12,14H2,1-2H3,(H,23,28)(H,24,29). The minimum absolute atomic E-state index is 0.00522. The van der Waals surface area contributed by atoms with Gasteiger partial charge in [0.25, 0.3) is 5.91 Å². The van der Waals surface area contributed by atoms with Crippen molar-refractivity contribution in [3.63, 3.8) is 0 Å². The molecule has 7 nitrogen and oxygen atoms in total. The number of carbonyl (C=O) groups is 2. The van der Waals surface area contributed by atoms with Gasteiger partial charge in [0.15, 0.2) is 0 Å². The predicted molar refractivity (Wildman–Crippen MR) is 120 cm³/mol. The molecule has 0 aliphatic carbocycles. The Bertz CT molecular complexity index is 1020. The van der Waals surface area contributed by atoms with E-state index < -0.39 is 0 Å². The fourth-order valence-corrected chi connectivity index (χ4v) is 4.28. The van der Waals surface area contributed by atoms with E-state index in [0.29, 0.717) is 25.2 Å². The summed E-state index contributed by atoms with van der Waals surface area (Å²) in [6, 6.07) is 12.1. The van der Waals surface area contributed by atoms with Crippen LogP contribution in [-0.2, 0) is 6.54 Å². The van der Waals surface area contributed by atoms with Gasteiger partial charge in [0.1, 0.15) is 5.82 Å². The van der Waals surface area contributed by atoms with E-state index in [1.807, 2.05) is 54.6 Å². The molecule has 4 rings (SSSR count). The second kappa shape index (κ2) is 8.79. The van der Waals surface area contributed by atoms with E-state index in [1.165, 1.54) is 0 Å². The van der Waals surface area contributed by atoms with Gasteiger partial charge >= 0.3 is 6.03 Å². The zero-order valence-electron chi connectivity index (χ0n) is 17.3. The van der Waals surface area contributed by atoms with E-state index in [0.717, 1.165) is 29.3 Å². The SMILES string of the molecule is CC(C)NC(=O)N1CCN(c2ccc3ccc(C(=O)NCc4cccs4)cn23)CC1. The van der Waals surface area contributed by atoms with Gasteiger partial charge in [-0.15, -0.1) is 11.3 Å². The number of piperazine rings is 1. The number of thiophene rings is 1. The van der Waals surface area contributed by atoms with Crippen LogP contribution in [0.1, 0.15) is 29.1 Å². The lowest BCUT2D eigenvalue weighted by atomic mass is 10.2. The second-order valence-corrected chi connectivity index (χ2v) is 8.78. The summed E-state index contributed by atoms with van der Waals surface area (Å²) in [5, 5.41) is 7.94. The second-order valence-electron chi connectivity index (χ2n) is 7.74. The zero-order chi connectivity index (χ0) is 21.1. The highest BCUT2D eigenvalue weighted by molar-refractivity contribution is 7.09. The number of nitrogens with zero attached hydrogens (tertiary/aromatic N) is 3. The summed E-state index contributed by atoms with van der Waals surface area (Å²) in [5.74, 6) is 0.960. The Morgan fingerprint density at radius 3 is 2.53 bits per heavy atom. The molecule has 0 saturated carbocycles.